The number of phenolic OH excluding ortho intramolecular Hbond substituents is 1. The number of ether oxygens (including phenoxy) is 1. The summed E-state index contributed by atoms with van der Waals surface area (Å²) in [6.45, 7) is 0.743. The van der Waals surface area contributed by atoms with E-state index in [4.69, 9.17) is 4.74 Å². The molecular formula is C20H26N2O3. The van der Waals surface area contributed by atoms with Gasteiger partial charge in [0.25, 0.3) is 5.91 Å². The highest BCUT2D eigenvalue weighted by Crippen LogP contribution is 2.33. The van der Waals surface area contributed by atoms with E-state index in [0.29, 0.717) is 0 Å². The number of likely N-dealkylation sites (tertiary alicyclic amines) is 1. The van der Waals surface area contributed by atoms with Crippen LogP contribution < -0.4 is 0 Å². The van der Waals surface area contributed by atoms with Crippen molar-refractivity contribution in [2.24, 2.45) is 7.05 Å². The van der Waals surface area contributed by atoms with E-state index in [2.05, 4.69) is 10.6 Å². The number of carbonyl (C=O) groups excluding carboxylic acids is 1. The number of amides is 1. The molecule has 0 radical (unpaired) electrons. The van der Waals surface area contributed by atoms with Gasteiger partial charge in [-0.15, -0.1) is 0 Å². The quantitative estimate of drug-likeness (QED) is 0.924. The van der Waals surface area contributed by atoms with Crippen LogP contribution >= 0.6 is 0 Å². The van der Waals surface area contributed by atoms with Gasteiger partial charge in [-0.3, -0.25) is 4.79 Å². The number of rotatable bonds is 4. The summed E-state index contributed by atoms with van der Waals surface area (Å²) in [6, 6.07) is 10.9. The Morgan fingerprint density at radius 3 is 2.60 bits per heavy atom. The third-order valence-corrected chi connectivity index (χ3v) is 5.02. The maximum absolute atomic E-state index is 13.3. The second-order valence-electron chi connectivity index (χ2n) is 6.65. The van der Waals surface area contributed by atoms with E-state index in [9.17, 15) is 9.90 Å². The largest absolute Gasteiger partial charge is 0.508 e. The zero-order chi connectivity index (χ0) is 17.8. The summed E-state index contributed by atoms with van der Waals surface area (Å²) in [6.07, 6.45) is 5.62. The molecule has 2 heterocycles. The van der Waals surface area contributed by atoms with Crippen LogP contribution in [0.2, 0.25) is 0 Å². The van der Waals surface area contributed by atoms with E-state index in [1.54, 1.807) is 31.4 Å². The number of aryl methyl sites for hydroxylation is 1. The molecule has 1 aromatic heterocycles. The summed E-state index contributed by atoms with van der Waals surface area (Å²) < 4.78 is 7.64. The second-order valence-corrected chi connectivity index (χ2v) is 6.65. The van der Waals surface area contributed by atoms with Gasteiger partial charge in [0, 0.05) is 32.6 Å². The summed E-state index contributed by atoms with van der Waals surface area (Å²) in [5.74, 6) is 0.170. The van der Waals surface area contributed by atoms with Gasteiger partial charge in [0.2, 0.25) is 0 Å². The zero-order valence-electron chi connectivity index (χ0n) is 14.9. The van der Waals surface area contributed by atoms with E-state index in [1.807, 2.05) is 24.2 Å². The van der Waals surface area contributed by atoms with Gasteiger partial charge in [0.15, 0.2) is 6.10 Å². The number of aromatic hydroxyl groups is 1. The summed E-state index contributed by atoms with van der Waals surface area (Å²) in [5.41, 5.74) is 1.93. The third-order valence-electron chi connectivity index (χ3n) is 5.02. The number of aromatic nitrogens is 1. The van der Waals surface area contributed by atoms with Gasteiger partial charge in [-0.1, -0.05) is 25.0 Å². The van der Waals surface area contributed by atoms with Crippen molar-refractivity contribution in [2.45, 2.75) is 37.8 Å². The minimum atomic E-state index is -0.651. The maximum Gasteiger partial charge on any atom is 0.256 e. The van der Waals surface area contributed by atoms with Crippen LogP contribution in [0.1, 0.15) is 49.1 Å². The Morgan fingerprint density at radius 2 is 1.96 bits per heavy atom. The van der Waals surface area contributed by atoms with Gasteiger partial charge in [-0.2, -0.15) is 0 Å². The molecule has 1 fully saturated rings. The fourth-order valence-corrected chi connectivity index (χ4v) is 3.68. The normalized spacial score (nSPS) is 19.4. The first-order valence-electron chi connectivity index (χ1n) is 8.85. The highest BCUT2D eigenvalue weighted by atomic mass is 16.5. The first-order valence-corrected chi connectivity index (χ1v) is 8.85. The smallest absolute Gasteiger partial charge is 0.256 e. The fourth-order valence-electron chi connectivity index (χ4n) is 3.68. The van der Waals surface area contributed by atoms with Crippen molar-refractivity contribution in [3.63, 3.8) is 0 Å². The molecule has 1 aliphatic rings. The third kappa shape index (κ3) is 3.71. The van der Waals surface area contributed by atoms with Gasteiger partial charge < -0.3 is 19.3 Å². The number of phenols is 1. The lowest BCUT2D eigenvalue weighted by atomic mass is 10.0. The topological polar surface area (TPSA) is 54.7 Å². The number of nitrogens with zero attached hydrogens (tertiary/aromatic N) is 2. The molecule has 1 aromatic carbocycles. The van der Waals surface area contributed by atoms with Gasteiger partial charge in [0.1, 0.15) is 5.75 Å². The molecule has 3 rings (SSSR count). The lowest BCUT2D eigenvalue weighted by Gasteiger charge is -2.33. The van der Waals surface area contributed by atoms with Crippen molar-refractivity contribution in [3.05, 3.63) is 53.9 Å². The minimum Gasteiger partial charge on any atom is -0.508 e. The summed E-state index contributed by atoms with van der Waals surface area (Å²) in [4.78, 5) is 15.3. The second kappa shape index (κ2) is 7.74. The van der Waals surface area contributed by atoms with Crippen LogP contribution in [0.3, 0.4) is 0 Å². The van der Waals surface area contributed by atoms with Crippen LogP contribution in [-0.2, 0) is 16.6 Å². The van der Waals surface area contributed by atoms with Crippen molar-refractivity contribution < 1.29 is 14.6 Å². The van der Waals surface area contributed by atoms with Crippen LogP contribution in [0.4, 0.5) is 0 Å². The molecule has 2 aromatic rings. The van der Waals surface area contributed by atoms with Crippen molar-refractivity contribution in [3.8, 4) is 5.75 Å². The lowest BCUT2D eigenvalue weighted by molar-refractivity contribution is -0.145. The molecule has 5 nitrogen and oxygen atoms in total. The standard InChI is InChI=1S/C20H26N2O3/c1-21-13-6-8-17(21)18-7-4-3-5-14-22(18)20(24)19(25-2)15-9-11-16(23)12-10-15/h6,8-13,18-19,23H,3-5,7,14H2,1-2H3. The first kappa shape index (κ1) is 17.5. The molecular weight excluding hydrogens is 316 g/mol. The predicted molar refractivity (Wildman–Crippen MR) is 96.2 cm³/mol. The van der Waals surface area contributed by atoms with Gasteiger partial charge in [0.05, 0.1) is 6.04 Å². The summed E-state index contributed by atoms with van der Waals surface area (Å²) in [7, 11) is 3.58. The molecule has 134 valence electrons. The Balaban J connectivity index is 1.90. The summed E-state index contributed by atoms with van der Waals surface area (Å²) in [5, 5.41) is 9.49. The zero-order valence-corrected chi connectivity index (χ0v) is 14.9. The Labute approximate surface area is 148 Å². The molecule has 2 atom stereocenters. The molecule has 0 aliphatic carbocycles. The molecule has 0 spiro atoms. The number of hydrogen-bond acceptors (Lipinski definition) is 3. The predicted octanol–water partition coefficient (Wildman–Crippen LogP) is 3.56. The molecule has 25 heavy (non-hydrogen) atoms. The highest BCUT2D eigenvalue weighted by molar-refractivity contribution is 5.83. The van der Waals surface area contributed by atoms with Crippen LogP contribution in [0.5, 0.6) is 5.75 Å². The number of carbonyl (C=O) groups is 1. The van der Waals surface area contributed by atoms with E-state index in [0.717, 1.165) is 43.5 Å². The Hall–Kier alpha value is -2.27. The van der Waals surface area contributed by atoms with Gasteiger partial charge in [-0.25, -0.2) is 0 Å². The monoisotopic (exact) mass is 342 g/mol. The average Bonchev–Trinajstić information content (AvgIpc) is 2.89. The van der Waals surface area contributed by atoms with Crippen LogP contribution in [-0.4, -0.2) is 34.1 Å². The molecule has 1 saturated heterocycles. The Kier molecular flexibility index (Phi) is 5.43. The molecule has 0 saturated carbocycles. The van der Waals surface area contributed by atoms with Gasteiger partial charge in [-0.05, 0) is 42.7 Å². The van der Waals surface area contributed by atoms with Crippen LogP contribution in [0.15, 0.2) is 42.6 Å². The lowest BCUT2D eigenvalue weighted by Crippen LogP contribution is -2.39. The SMILES string of the molecule is COC(C(=O)N1CCCCCC1c1cccn1C)c1ccc(O)cc1. The van der Waals surface area contributed by atoms with Crippen molar-refractivity contribution in [1.29, 1.82) is 0 Å². The average molecular weight is 342 g/mol. The fraction of sp³-hybridized carbons (Fsp3) is 0.450. The minimum absolute atomic E-state index is 0.0127. The molecule has 1 N–H and O–H groups in total. The molecule has 1 aliphatic heterocycles. The van der Waals surface area contributed by atoms with Gasteiger partial charge >= 0.3 is 0 Å². The van der Waals surface area contributed by atoms with Crippen molar-refractivity contribution in [2.75, 3.05) is 13.7 Å². The van der Waals surface area contributed by atoms with E-state index < -0.39 is 6.10 Å². The Morgan fingerprint density at radius 1 is 1.20 bits per heavy atom. The molecule has 1 amide bonds. The summed E-state index contributed by atoms with van der Waals surface area (Å²) >= 11 is 0. The van der Waals surface area contributed by atoms with Crippen molar-refractivity contribution >= 4 is 5.91 Å². The number of methoxy groups -OCH3 is 1. The maximum atomic E-state index is 13.3. The first-order chi connectivity index (χ1) is 12.1. The highest BCUT2D eigenvalue weighted by Gasteiger charge is 2.33. The molecule has 5 heteroatoms. The van der Waals surface area contributed by atoms with Crippen molar-refractivity contribution in [1.82, 2.24) is 9.47 Å². The van der Waals surface area contributed by atoms with E-state index in [1.165, 1.54) is 0 Å². The number of hydrogen-bond donors (Lipinski definition) is 1. The molecule has 2 unspecified atom stereocenters. The Bertz CT molecular complexity index is 708. The van der Waals surface area contributed by atoms with E-state index >= 15 is 0 Å². The van der Waals surface area contributed by atoms with Crippen LogP contribution in [0.25, 0.3) is 0 Å². The number of benzene rings is 1. The van der Waals surface area contributed by atoms with E-state index in [-0.39, 0.29) is 17.7 Å². The van der Waals surface area contributed by atoms with Crippen LogP contribution in [0, 0.1) is 0 Å². The molecule has 0 bridgehead atoms.